The number of halogens is 1. The van der Waals surface area contributed by atoms with Crippen LogP contribution in [0.15, 0.2) is 30.3 Å². The normalized spacial score (nSPS) is 11.8. The highest BCUT2D eigenvalue weighted by Gasteiger charge is 2.12. The minimum atomic E-state index is -0.678. The van der Waals surface area contributed by atoms with Crippen LogP contribution < -0.4 is 4.74 Å². The number of hydrogen-bond donors (Lipinski definition) is 1. The van der Waals surface area contributed by atoms with E-state index in [1.54, 1.807) is 25.1 Å². The fraction of sp³-hybridized carbons (Fsp3) is 0.235. The molecular formula is C17H16ClNO2. The predicted molar refractivity (Wildman–Crippen MR) is 82.8 cm³/mol. The van der Waals surface area contributed by atoms with Gasteiger partial charge >= 0.3 is 0 Å². The topological polar surface area (TPSA) is 53.2 Å². The lowest BCUT2D eigenvalue weighted by Gasteiger charge is -2.15. The Labute approximate surface area is 129 Å². The van der Waals surface area contributed by atoms with Crippen LogP contribution in [0.3, 0.4) is 0 Å². The van der Waals surface area contributed by atoms with Gasteiger partial charge in [0.1, 0.15) is 11.5 Å². The molecule has 1 N–H and O–H groups in total. The Morgan fingerprint density at radius 1 is 1.19 bits per heavy atom. The Morgan fingerprint density at radius 2 is 1.81 bits per heavy atom. The van der Waals surface area contributed by atoms with Gasteiger partial charge in [-0.2, -0.15) is 5.26 Å². The molecule has 0 aliphatic rings. The van der Waals surface area contributed by atoms with Crippen LogP contribution in [0.2, 0.25) is 5.02 Å². The van der Waals surface area contributed by atoms with E-state index < -0.39 is 6.10 Å². The summed E-state index contributed by atoms with van der Waals surface area (Å²) in [4.78, 5) is 0. The molecule has 0 spiro atoms. The second-order valence-corrected chi connectivity index (χ2v) is 5.39. The standard InChI is InChI=1S/C17H16ClNO2/c1-10-6-14(7-11(2)17(10)18)21-16-8-13(9-19)4-5-15(16)12(3)20/h4-8,12,20H,1-3H3/t12-/m0/s1. The average molecular weight is 302 g/mol. The summed E-state index contributed by atoms with van der Waals surface area (Å²) < 4.78 is 5.86. The van der Waals surface area contributed by atoms with Crippen LogP contribution in [0.25, 0.3) is 0 Å². The summed E-state index contributed by atoms with van der Waals surface area (Å²) in [5.41, 5.74) is 2.96. The van der Waals surface area contributed by atoms with Gasteiger partial charge in [-0.05, 0) is 56.2 Å². The van der Waals surface area contributed by atoms with Gasteiger partial charge in [0.15, 0.2) is 0 Å². The molecule has 3 nitrogen and oxygen atoms in total. The molecule has 21 heavy (non-hydrogen) atoms. The van der Waals surface area contributed by atoms with E-state index in [1.807, 2.05) is 26.0 Å². The zero-order valence-corrected chi connectivity index (χ0v) is 12.9. The number of hydrogen-bond acceptors (Lipinski definition) is 3. The minimum Gasteiger partial charge on any atom is -0.457 e. The first-order valence-electron chi connectivity index (χ1n) is 6.59. The fourth-order valence-electron chi connectivity index (χ4n) is 2.13. The van der Waals surface area contributed by atoms with E-state index in [2.05, 4.69) is 6.07 Å². The highest BCUT2D eigenvalue weighted by atomic mass is 35.5. The van der Waals surface area contributed by atoms with Crippen molar-refractivity contribution in [3.8, 4) is 17.6 Å². The third kappa shape index (κ3) is 3.36. The second kappa shape index (κ2) is 6.17. The molecule has 0 aromatic heterocycles. The van der Waals surface area contributed by atoms with Crippen molar-refractivity contribution in [1.82, 2.24) is 0 Å². The van der Waals surface area contributed by atoms with Gasteiger partial charge in [0.2, 0.25) is 0 Å². The molecule has 0 fully saturated rings. The van der Waals surface area contributed by atoms with E-state index in [0.29, 0.717) is 27.6 Å². The monoisotopic (exact) mass is 301 g/mol. The number of ether oxygens (including phenoxy) is 1. The van der Waals surface area contributed by atoms with Gasteiger partial charge in [-0.3, -0.25) is 0 Å². The minimum absolute atomic E-state index is 0.477. The first-order valence-corrected chi connectivity index (χ1v) is 6.97. The molecule has 0 saturated carbocycles. The van der Waals surface area contributed by atoms with Crippen molar-refractivity contribution >= 4 is 11.6 Å². The van der Waals surface area contributed by atoms with E-state index in [0.717, 1.165) is 11.1 Å². The quantitative estimate of drug-likeness (QED) is 0.896. The predicted octanol–water partition coefficient (Wildman–Crippen LogP) is 4.67. The fourth-order valence-corrected chi connectivity index (χ4v) is 2.24. The zero-order valence-electron chi connectivity index (χ0n) is 12.1. The Bertz CT molecular complexity index is 694. The van der Waals surface area contributed by atoms with Crippen molar-refractivity contribution in [3.05, 3.63) is 57.6 Å². The van der Waals surface area contributed by atoms with Crippen molar-refractivity contribution in [1.29, 1.82) is 5.26 Å². The highest BCUT2D eigenvalue weighted by Crippen LogP contribution is 2.33. The van der Waals surface area contributed by atoms with Gasteiger partial charge in [0.05, 0.1) is 17.7 Å². The van der Waals surface area contributed by atoms with Crippen LogP contribution in [0.5, 0.6) is 11.5 Å². The molecule has 2 aromatic rings. The molecule has 1 atom stereocenters. The number of aliphatic hydroxyl groups excluding tert-OH is 1. The summed E-state index contributed by atoms with van der Waals surface area (Å²) >= 11 is 6.14. The second-order valence-electron chi connectivity index (χ2n) is 5.01. The van der Waals surface area contributed by atoms with Crippen molar-refractivity contribution in [2.24, 2.45) is 0 Å². The zero-order chi connectivity index (χ0) is 15.6. The lowest BCUT2D eigenvalue weighted by Crippen LogP contribution is -1.97. The van der Waals surface area contributed by atoms with E-state index in [4.69, 9.17) is 21.6 Å². The summed E-state index contributed by atoms with van der Waals surface area (Å²) in [7, 11) is 0. The van der Waals surface area contributed by atoms with Gasteiger partial charge in [0.25, 0.3) is 0 Å². The molecule has 2 aromatic carbocycles. The number of rotatable bonds is 3. The lowest BCUT2D eigenvalue weighted by molar-refractivity contribution is 0.195. The summed E-state index contributed by atoms with van der Waals surface area (Å²) in [6, 6.07) is 10.7. The molecule has 0 saturated heterocycles. The van der Waals surface area contributed by atoms with Crippen LogP contribution in [-0.4, -0.2) is 5.11 Å². The molecule has 0 unspecified atom stereocenters. The van der Waals surface area contributed by atoms with Crippen LogP contribution in [0, 0.1) is 25.2 Å². The average Bonchev–Trinajstić information content (AvgIpc) is 2.44. The number of benzene rings is 2. The molecule has 2 rings (SSSR count). The maximum Gasteiger partial charge on any atom is 0.134 e. The Hall–Kier alpha value is -2.02. The molecule has 0 aliphatic carbocycles. The van der Waals surface area contributed by atoms with Crippen LogP contribution in [0.1, 0.15) is 35.3 Å². The Morgan fingerprint density at radius 3 is 2.33 bits per heavy atom. The van der Waals surface area contributed by atoms with Crippen molar-refractivity contribution in [3.63, 3.8) is 0 Å². The Balaban J connectivity index is 2.45. The SMILES string of the molecule is Cc1cc(Oc2cc(C#N)ccc2[C@H](C)O)cc(C)c1Cl. The van der Waals surface area contributed by atoms with E-state index in [9.17, 15) is 5.11 Å². The van der Waals surface area contributed by atoms with Crippen molar-refractivity contribution < 1.29 is 9.84 Å². The summed E-state index contributed by atoms with van der Waals surface area (Å²) in [5, 5.41) is 19.5. The van der Waals surface area contributed by atoms with Crippen LogP contribution in [-0.2, 0) is 0 Å². The molecule has 108 valence electrons. The Kier molecular flexibility index (Phi) is 4.52. The number of nitriles is 1. The summed E-state index contributed by atoms with van der Waals surface area (Å²) in [6.07, 6.45) is -0.678. The highest BCUT2D eigenvalue weighted by molar-refractivity contribution is 6.32. The molecular weight excluding hydrogens is 286 g/mol. The summed E-state index contributed by atoms with van der Waals surface area (Å²) in [5.74, 6) is 1.11. The molecule has 0 heterocycles. The number of nitrogens with zero attached hydrogens (tertiary/aromatic N) is 1. The first kappa shape index (κ1) is 15.4. The smallest absolute Gasteiger partial charge is 0.134 e. The number of aliphatic hydroxyl groups is 1. The van der Waals surface area contributed by atoms with E-state index in [1.165, 1.54) is 0 Å². The largest absolute Gasteiger partial charge is 0.457 e. The maximum atomic E-state index is 9.82. The molecule has 0 bridgehead atoms. The number of aryl methyl sites for hydroxylation is 2. The molecule has 4 heteroatoms. The van der Waals surface area contributed by atoms with Gasteiger partial charge in [-0.1, -0.05) is 17.7 Å². The molecule has 0 amide bonds. The molecule has 0 radical (unpaired) electrons. The third-order valence-electron chi connectivity index (χ3n) is 3.23. The molecule has 0 aliphatic heterocycles. The van der Waals surface area contributed by atoms with Crippen LogP contribution >= 0.6 is 11.6 Å². The summed E-state index contributed by atoms with van der Waals surface area (Å²) in [6.45, 7) is 5.47. The third-order valence-corrected chi connectivity index (χ3v) is 3.83. The van der Waals surface area contributed by atoms with Gasteiger partial charge < -0.3 is 9.84 Å². The first-order chi connectivity index (χ1) is 9.92. The van der Waals surface area contributed by atoms with Crippen molar-refractivity contribution in [2.75, 3.05) is 0 Å². The van der Waals surface area contributed by atoms with Gasteiger partial charge in [-0.15, -0.1) is 0 Å². The van der Waals surface area contributed by atoms with E-state index >= 15 is 0 Å². The van der Waals surface area contributed by atoms with E-state index in [-0.39, 0.29) is 0 Å². The van der Waals surface area contributed by atoms with Crippen LogP contribution in [0.4, 0.5) is 0 Å². The van der Waals surface area contributed by atoms with Gasteiger partial charge in [0, 0.05) is 10.6 Å². The lowest BCUT2D eigenvalue weighted by atomic mass is 10.1. The van der Waals surface area contributed by atoms with Crippen molar-refractivity contribution in [2.45, 2.75) is 26.9 Å². The maximum absolute atomic E-state index is 9.82. The van der Waals surface area contributed by atoms with Gasteiger partial charge in [-0.25, -0.2) is 0 Å².